The molecule has 2 unspecified atom stereocenters. The van der Waals surface area contributed by atoms with Crippen LogP contribution in [-0.2, 0) is 4.74 Å². The number of nitrogens with one attached hydrogen (secondary N) is 1. The molecule has 1 saturated heterocycles. The zero-order chi connectivity index (χ0) is 12.3. The van der Waals surface area contributed by atoms with Crippen LogP contribution in [-0.4, -0.2) is 44.3 Å². The number of thiophene rings is 1. The van der Waals surface area contributed by atoms with Crippen LogP contribution in [0.2, 0.25) is 0 Å². The molecular formula is C12H19BrN2OS. The lowest BCUT2D eigenvalue weighted by molar-refractivity contribution is -0.0390. The maximum atomic E-state index is 5.92. The summed E-state index contributed by atoms with van der Waals surface area (Å²) in [6.07, 6.45) is 0.236. The van der Waals surface area contributed by atoms with Gasteiger partial charge in [-0.05, 0) is 40.5 Å². The van der Waals surface area contributed by atoms with Crippen LogP contribution in [0.3, 0.4) is 0 Å². The molecule has 3 nitrogen and oxygen atoms in total. The van der Waals surface area contributed by atoms with E-state index in [1.165, 1.54) is 10.0 Å². The second-order valence-electron chi connectivity index (χ2n) is 4.38. The Bertz CT molecular complexity index is 358. The van der Waals surface area contributed by atoms with Crippen LogP contribution in [0, 0.1) is 0 Å². The molecule has 1 fully saturated rings. The van der Waals surface area contributed by atoms with E-state index in [0.717, 1.165) is 26.2 Å². The van der Waals surface area contributed by atoms with Gasteiger partial charge in [0.1, 0.15) is 0 Å². The van der Waals surface area contributed by atoms with Crippen molar-refractivity contribution in [2.24, 2.45) is 0 Å². The minimum absolute atomic E-state index is 0.236. The smallest absolute Gasteiger partial charge is 0.0897 e. The first-order valence-electron chi connectivity index (χ1n) is 5.97. The zero-order valence-corrected chi connectivity index (χ0v) is 12.7. The van der Waals surface area contributed by atoms with Gasteiger partial charge in [-0.25, -0.2) is 0 Å². The molecule has 0 aromatic carbocycles. The topological polar surface area (TPSA) is 24.5 Å². The van der Waals surface area contributed by atoms with Crippen molar-refractivity contribution in [3.8, 4) is 0 Å². The van der Waals surface area contributed by atoms with E-state index in [0.29, 0.717) is 0 Å². The van der Waals surface area contributed by atoms with Crippen molar-refractivity contribution in [3.63, 3.8) is 0 Å². The largest absolute Gasteiger partial charge is 0.374 e. The molecule has 17 heavy (non-hydrogen) atoms. The summed E-state index contributed by atoms with van der Waals surface area (Å²) in [6.45, 7) is 5.93. The fourth-order valence-corrected chi connectivity index (χ4v) is 3.77. The van der Waals surface area contributed by atoms with E-state index in [2.05, 4.69) is 50.9 Å². The van der Waals surface area contributed by atoms with Crippen LogP contribution < -0.4 is 5.32 Å². The van der Waals surface area contributed by atoms with E-state index in [1.54, 1.807) is 11.3 Å². The summed E-state index contributed by atoms with van der Waals surface area (Å²) in [5.41, 5.74) is 1.32. The molecule has 0 radical (unpaired) electrons. The van der Waals surface area contributed by atoms with Crippen LogP contribution in [0.25, 0.3) is 0 Å². The molecule has 96 valence electrons. The van der Waals surface area contributed by atoms with Gasteiger partial charge in [0.05, 0.1) is 18.8 Å². The summed E-state index contributed by atoms with van der Waals surface area (Å²) in [7, 11) is 2.15. The van der Waals surface area contributed by atoms with Gasteiger partial charge in [-0.2, -0.15) is 11.3 Å². The maximum Gasteiger partial charge on any atom is 0.0897 e. The summed E-state index contributed by atoms with van der Waals surface area (Å²) in [5.74, 6) is 0. The maximum absolute atomic E-state index is 5.92. The average molecular weight is 319 g/mol. The van der Waals surface area contributed by atoms with Gasteiger partial charge >= 0.3 is 0 Å². The predicted octanol–water partition coefficient (Wildman–Crippen LogP) is 2.49. The van der Waals surface area contributed by atoms with Gasteiger partial charge in [0, 0.05) is 22.9 Å². The molecule has 1 aromatic rings. The van der Waals surface area contributed by atoms with Crippen LogP contribution in [0.4, 0.5) is 0 Å². The van der Waals surface area contributed by atoms with Crippen LogP contribution in [0.1, 0.15) is 18.5 Å². The second-order valence-corrected chi connectivity index (χ2v) is 5.98. The molecule has 1 aliphatic rings. The standard InChI is InChI=1S/C12H19BrN2OS/c1-3-14-12(9-7-17-8-10(9)13)11-6-15(2)4-5-16-11/h7-8,11-12,14H,3-6H2,1-2H3. The number of hydrogen-bond acceptors (Lipinski definition) is 4. The normalized spacial score (nSPS) is 23.8. The fraction of sp³-hybridized carbons (Fsp3) is 0.667. The third kappa shape index (κ3) is 3.29. The molecule has 2 heterocycles. The molecular weight excluding hydrogens is 300 g/mol. The SMILES string of the molecule is CCNC(c1cscc1Br)C1CN(C)CCO1. The number of likely N-dealkylation sites (N-methyl/N-ethyl adjacent to an activating group) is 2. The minimum atomic E-state index is 0.236. The first-order chi connectivity index (χ1) is 8.22. The first-order valence-corrected chi connectivity index (χ1v) is 7.71. The summed E-state index contributed by atoms with van der Waals surface area (Å²) < 4.78 is 7.11. The van der Waals surface area contributed by atoms with E-state index >= 15 is 0 Å². The van der Waals surface area contributed by atoms with Gasteiger partial charge in [0.2, 0.25) is 0 Å². The number of rotatable bonds is 4. The number of halogens is 1. The van der Waals surface area contributed by atoms with Crippen molar-refractivity contribution in [2.45, 2.75) is 19.1 Å². The Morgan fingerprint density at radius 3 is 3.06 bits per heavy atom. The van der Waals surface area contributed by atoms with Gasteiger partial charge in [-0.15, -0.1) is 0 Å². The molecule has 0 spiro atoms. The van der Waals surface area contributed by atoms with Crippen LogP contribution >= 0.6 is 27.3 Å². The van der Waals surface area contributed by atoms with Gasteiger partial charge in [0.15, 0.2) is 0 Å². The Labute approximate surface area is 115 Å². The quantitative estimate of drug-likeness (QED) is 0.923. The van der Waals surface area contributed by atoms with E-state index < -0.39 is 0 Å². The zero-order valence-electron chi connectivity index (χ0n) is 10.3. The van der Waals surface area contributed by atoms with Gasteiger partial charge in [-0.1, -0.05) is 6.92 Å². The van der Waals surface area contributed by atoms with Gasteiger partial charge < -0.3 is 15.0 Å². The summed E-state index contributed by atoms with van der Waals surface area (Å²) >= 11 is 5.35. The van der Waals surface area contributed by atoms with E-state index in [4.69, 9.17) is 4.74 Å². The Hall–Kier alpha value is 0.0600. The van der Waals surface area contributed by atoms with Crippen molar-refractivity contribution in [2.75, 3.05) is 33.3 Å². The third-order valence-corrected chi connectivity index (χ3v) is 4.82. The highest BCUT2D eigenvalue weighted by atomic mass is 79.9. The lowest BCUT2D eigenvalue weighted by Crippen LogP contribution is -2.46. The number of hydrogen-bond donors (Lipinski definition) is 1. The van der Waals surface area contributed by atoms with Crippen LogP contribution in [0.5, 0.6) is 0 Å². The molecule has 1 aromatic heterocycles. The van der Waals surface area contributed by atoms with Crippen molar-refractivity contribution < 1.29 is 4.74 Å². The Morgan fingerprint density at radius 2 is 2.47 bits per heavy atom. The van der Waals surface area contributed by atoms with Crippen molar-refractivity contribution >= 4 is 27.3 Å². The van der Waals surface area contributed by atoms with Gasteiger partial charge in [0.25, 0.3) is 0 Å². The molecule has 2 atom stereocenters. The van der Waals surface area contributed by atoms with Gasteiger partial charge in [-0.3, -0.25) is 0 Å². The molecule has 0 amide bonds. The Kier molecular flexibility index (Phi) is 4.99. The lowest BCUT2D eigenvalue weighted by atomic mass is 10.0. The minimum Gasteiger partial charge on any atom is -0.374 e. The lowest BCUT2D eigenvalue weighted by Gasteiger charge is -2.35. The average Bonchev–Trinajstić information content (AvgIpc) is 2.72. The summed E-state index contributed by atoms with van der Waals surface area (Å²) in [5, 5.41) is 7.88. The molecule has 1 aliphatic heterocycles. The molecule has 5 heteroatoms. The molecule has 0 bridgehead atoms. The second kappa shape index (κ2) is 6.29. The molecule has 0 aliphatic carbocycles. The van der Waals surface area contributed by atoms with E-state index in [9.17, 15) is 0 Å². The fourth-order valence-electron chi connectivity index (χ4n) is 2.19. The number of morpholine rings is 1. The first kappa shape index (κ1) is 13.5. The Balaban J connectivity index is 2.14. The molecule has 2 rings (SSSR count). The Morgan fingerprint density at radius 1 is 1.65 bits per heavy atom. The highest BCUT2D eigenvalue weighted by Crippen LogP contribution is 2.31. The van der Waals surface area contributed by atoms with Crippen LogP contribution in [0.15, 0.2) is 15.2 Å². The number of ether oxygens (including phenoxy) is 1. The highest BCUT2D eigenvalue weighted by molar-refractivity contribution is 9.10. The van der Waals surface area contributed by atoms with Crippen molar-refractivity contribution in [1.29, 1.82) is 0 Å². The summed E-state index contributed by atoms with van der Waals surface area (Å²) in [6, 6.07) is 0.281. The molecule has 1 N–H and O–H groups in total. The van der Waals surface area contributed by atoms with Crippen molar-refractivity contribution in [3.05, 3.63) is 20.8 Å². The monoisotopic (exact) mass is 318 g/mol. The highest BCUT2D eigenvalue weighted by Gasteiger charge is 2.28. The third-order valence-electron chi connectivity index (χ3n) is 3.07. The predicted molar refractivity (Wildman–Crippen MR) is 75.7 cm³/mol. The van der Waals surface area contributed by atoms with E-state index in [-0.39, 0.29) is 12.1 Å². The number of nitrogens with zero attached hydrogens (tertiary/aromatic N) is 1. The molecule has 0 saturated carbocycles. The van der Waals surface area contributed by atoms with Crippen molar-refractivity contribution in [1.82, 2.24) is 10.2 Å². The van der Waals surface area contributed by atoms with E-state index in [1.807, 2.05) is 0 Å². The summed E-state index contributed by atoms with van der Waals surface area (Å²) in [4.78, 5) is 2.33.